The van der Waals surface area contributed by atoms with Crippen molar-refractivity contribution in [1.82, 2.24) is 9.97 Å². The molecule has 0 aliphatic heterocycles. The van der Waals surface area contributed by atoms with Crippen molar-refractivity contribution in [3.63, 3.8) is 0 Å². The maximum atomic E-state index is 3.19. The van der Waals surface area contributed by atoms with Gasteiger partial charge in [0.25, 0.3) is 5.66 Å². The molecule has 0 bridgehead atoms. The minimum atomic E-state index is 0.0199. The van der Waals surface area contributed by atoms with Crippen LogP contribution in [-0.2, 0) is 5.66 Å². The Morgan fingerprint density at radius 1 is 0.842 bits per heavy atom. The Labute approximate surface area is 115 Å². The number of H-pyrrole nitrogens is 2. The maximum Gasteiger partial charge on any atom is 0.252 e. The fourth-order valence-corrected chi connectivity index (χ4v) is 2.79. The van der Waals surface area contributed by atoms with Gasteiger partial charge in [-0.2, -0.15) is 9.13 Å². The highest BCUT2D eigenvalue weighted by Crippen LogP contribution is 2.21. The van der Waals surface area contributed by atoms with Crippen LogP contribution in [0.5, 0.6) is 0 Å². The molecule has 0 spiro atoms. The lowest BCUT2D eigenvalue weighted by atomic mass is 9.95. The Morgan fingerprint density at radius 2 is 1.32 bits per heavy atom. The summed E-state index contributed by atoms with van der Waals surface area (Å²) < 4.78 is 4.65. The van der Waals surface area contributed by atoms with Crippen LogP contribution in [0.15, 0.2) is 37.4 Å². The van der Waals surface area contributed by atoms with Crippen molar-refractivity contribution in [3.05, 3.63) is 37.4 Å². The summed E-state index contributed by atoms with van der Waals surface area (Å²) in [5.41, 5.74) is 0.0199. The van der Waals surface area contributed by atoms with Crippen LogP contribution < -0.4 is 9.13 Å². The molecule has 0 saturated heterocycles. The van der Waals surface area contributed by atoms with Crippen molar-refractivity contribution in [2.45, 2.75) is 58.0 Å². The van der Waals surface area contributed by atoms with Crippen LogP contribution in [0.2, 0.25) is 0 Å². The van der Waals surface area contributed by atoms with Gasteiger partial charge in [0, 0.05) is 12.8 Å². The predicted molar refractivity (Wildman–Crippen MR) is 74.4 cm³/mol. The fraction of sp³-hybridized carbons (Fsp3) is 0.600. The van der Waals surface area contributed by atoms with Crippen molar-refractivity contribution >= 4 is 0 Å². The average Bonchev–Trinajstić information content (AvgIpc) is 3.12. The average molecular weight is 262 g/mol. The van der Waals surface area contributed by atoms with Gasteiger partial charge in [-0.1, -0.05) is 26.7 Å². The minimum absolute atomic E-state index is 0.0199. The zero-order chi connectivity index (χ0) is 13.6. The Hall–Kier alpha value is -1.58. The first-order valence-electron chi connectivity index (χ1n) is 7.42. The van der Waals surface area contributed by atoms with E-state index in [0.29, 0.717) is 0 Å². The van der Waals surface area contributed by atoms with Crippen molar-refractivity contribution in [2.75, 3.05) is 0 Å². The highest BCUT2D eigenvalue weighted by atomic mass is 15.3. The summed E-state index contributed by atoms with van der Waals surface area (Å²) in [6.07, 6.45) is 19.7. The molecule has 0 atom stereocenters. The molecule has 0 unspecified atom stereocenters. The summed E-state index contributed by atoms with van der Waals surface area (Å²) in [6.45, 7) is 4.52. The van der Waals surface area contributed by atoms with E-state index in [1.54, 1.807) is 0 Å². The quantitative estimate of drug-likeness (QED) is 0.686. The van der Waals surface area contributed by atoms with E-state index >= 15 is 0 Å². The van der Waals surface area contributed by atoms with Gasteiger partial charge in [-0.25, -0.2) is 0 Å². The first-order chi connectivity index (χ1) is 9.33. The van der Waals surface area contributed by atoms with Gasteiger partial charge in [0.05, 0.1) is 0 Å². The monoisotopic (exact) mass is 262 g/mol. The minimum Gasteiger partial charge on any atom is -0.250 e. The summed E-state index contributed by atoms with van der Waals surface area (Å²) in [7, 11) is 0. The topological polar surface area (TPSA) is 39.3 Å². The maximum absolute atomic E-state index is 3.19. The number of hydrogen-bond donors (Lipinski definition) is 2. The molecule has 2 N–H and O–H groups in total. The number of unbranched alkanes of at least 4 members (excludes halogenated alkanes) is 2. The van der Waals surface area contributed by atoms with E-state index in [2.05, 4.69) is 58.0 Å². The molecule has 2 heterocycles. The molecular formula is C15H26N4+2. The lowest BCUT2D eigenvalue weighted by molar-refractivity contribution is -0.996. The van der Waals surface area contributed by atoms with E-state index in [1.807, 2.05) is 12.4 Å². The Morgan fingerprint density at radius 3 is 1.63 bits per heavy atom. The van der Waals surface area contributed by atoms with Gasteiger partial charge in [-0.05, 0) is 12.8 Å². The molecule has 0 saturated carbocycles. The normalized spacial score (nSPS) is 11.9. The molecule has 0 fully saturated rings. The number of aromatic nitrogens is 4. The van der Waals surface area contributed by atoms with Crippen LogP contribution in [0.1, 0.15) is 52.4 Å². The molecule has 104 valence electrons. The van der Waals surface area contributed by atoms with Crippen LogP contribution in [0, 0.1) is 0 Å². The molecule has 2 aromatic heterocycles. The molecule has 0 amide bonds. The third-order valence-corrected chi connectivity index (χ3v) is 3.91. The van der Waals surface area contributed by atoms with E-state index in [4.69, 9.17) is 0 Å². The highest BCUT2D eigenvalue weighted by Gasteiger charge is 2.41. The van der Waals surface area contributed by atoms with Crippen LogP contribution >= 0.6 is 0 Å². The summed E-state index contributed by atoms with van der Waals surface area (Å²) in [5.74, 6) is 0. The second-order valence-electron chi connectivity index (χ2n) is 5.23. The summed E-state index contributed by atoms with van der Waals surface area (Å²) in [6, 6.07) is 0. The van der Waals surface area contributed by atoms with Gasteiger partial charge in [-0.3, -0.25) is 9.97 Å². The van der Waals surface area contributed by atoms with Gasteiger partial charge < -0.3 is 0 Å². The molecule has 4 nitrogen and oxygen atoms in total. The lowest BCUT2D eigenvalue weighted by Gasteiger charge is -2.27. The predicted octanol–water partition coefficient (Wildman–Crippen LogP) is 2.50. The van der Waals surface area contributed by atoms with Crippen LogP contribution in [-0.4, -0.2) is 9.97 Å². The second-order valence-corrected chi connectivity index (χ2v) is 5.23. The Balaban J connectivity index is 2.38. The number of imidazole rings is 2. The SMILES string of the molecule is CCCCC(CCCC)([n+]1cc[nH]c1)[n+]1cc[nH]c1. The highest BCUT2D eigenvalue weighted by molar-refractivity contribution is 4.69. The largest absolute Gasteiger partial charge is 0.252 e. The smallest absolute Gasteiger partial charge is 0.250 e. The fourth-order valence-electron chi connectivity index (χ4n) is 2.79. The Kier molecular flexibility index (Phi) is 4.77. The molecule has 2 aromatic rings. The molecule has 19 heavy (non-hydrogen) atoms. The number of nitrogens with one attached hydrogen (secondary N) is 2. The number of rotatable bonds is 8. The van der Waals surface area contributed by atoms with Crippen LogP contribution in [0.3, 0.4) is 0 Å². The van der Waals surface area contributed by atoms with E-state index in [1.165, 1.54) is 25.7 Å². The third-order valence-electron chi connectivity index (χ3n) is 3.91. The van der Waals surface area contributed by atoms with Crippen LogP contribution in [0.25, 0.3) is 0 Å². The van der Waals surface area contributed by atoms with Crippen molar-refractivity contribution < 1.29 is 9.13 Å². The van der Waals surface area contributed by atoms with Gasteiger partial charge in [0.2, 0.25) is 12.7 Å². The number of nitrogens with zero attached hydrogens (tertiary/aromatic N) is 2. The molecule has 2 rings (SSSR count). The summed E-state index contributed by atoms with van der Waals surface area (Å²) >= 11 is 0. The van der Waals surface area contributed by atoms with Gasteiger partial charge in [0.1, 0.15) is 24.8 Å². The van der Waals surface area contributed by atoms with Gasteiger partial charge >= 0.3 is 0 Å². The summed E-state index contributed by atoms with van der Waals surface area (Å²) in [4.78, 5) is 6.38. The standard InChI is InChI=1S/C15H24N4/c1-3-5-7-15(8-6-4-2,18-11-9-16-13-18)19-12-10-17-14-19/h9-14H,3-8H2,1-2H3/p+2. The van der Waals surface area contributed by atoms with Crippen LogP contribution in [0.4, 0.5) is 0 Å². The number of hydrogen-bond acceptors (Lipinski definition) is 0. The van der Waals surface area contributed by atoms with Gasteiger partial charge in [-0.15, -0.1) is 0 Å². The lowest BCUT2D eigenvalue weighted by Crippen LogP contribution is -2.72. The third kappa shape index (κ3) is 2.88. The first-order valence-corrected chi connectivity index (χ1v) is 7.42. The van der Waals surface area contributed by atoms with Crippen molar-refractivity contribution in [2.24, 2.45) is 0 Å². The van der Waals surface area contributed by atoms with E-state index in [9.17, 15) is 0 Å². The zero-order valence-electron chi connectivity index (χ0n) is 12.1. The molecule has 0 radical (unpaired) electrons. The molecule has 0 aliphatic carbocycles. The van der Waals surface area contributed by atoms with E-state index < -0.39 is 0 Å². The Bertz CT molecular complexity index is 400. The van der Waals surface area contributed by atoms with E-state index in [-0.39, 0.29) is 5.66 Å². The number of aromatic amines is 2. The molecule has 4 heteroatoms. The first kappa shape index (κ1) is 13.8. The van der Waals surface area contributed by atoms with Crippen molar-refractivity contribution in [1.29, 1.82) is 0 Å². The van der Waals surface area contributed by atoms with Crippen molar-refractivity contribution in [3.8, 4) is 0 Å². The van der Waals surface area contributed by atoms with E-state index in [0.717, 1.165) is 12.8 Å². The van der Waals surface area contributed by atoms with Gasteiger partial charge in [0.15, 0.2) is 0 Å². The molecule has 0 aromatic carbocycles. The second kappa shape index (κ2) is 6.55. The zero-order valence-corrected chi connectivity index (χ0v) is 12.1. The summed E-state index contributed by atoms with van der Waals surface area (Å²) in [5, 5.41) is 0. The molecular weight excluding hydrogens is 236 g/mol. The molecule has 0 aliphatic rings.